The Morgan fingerprint density at radius 1 is 0.795 bits per heavy atom. The number of thioether (sulfide) groups is 1. The predicted molar refractivity (Wildman–Crippen MR) is 171 cm³/mol. The second kappa shape index (κ2) is 15.3. The lowest BCUT2D eigenvalue weighted by Gasteiger charge is -2.15. The molecule has 0 saturated carbocycles. The molecule has 0 spiro atoms. The van der Waals surface area contributed by atoms with Gasteiger partial charge in [-0.2, -0.15) is 0 Å². The molecule has 1 atom stereocenters. The fraction of sp³-hybridized carbons (Fsp3) is 0.152. The zero-order valence-electron chi connectivity index (χ0n) is 24.6. The molecule has 1 heterocycles. The quantitative estimate of drug-likeness (QED) is 0.139. The minimum atomic E-state index is -0.548. The molecule has 44 heavy (non-hydrogen) atoms. The van der Waals surface area contributed by atoms with Crippen LogP contribution in [0, 0.1) is 0 Å². The molecule has 0 saturated heterocycles. The number of amides is 3. The fourth-order valence-electron chi connectivity index (χ4n) is 4.05. The topological polar surface area (TPSA) is 128 Å². The first-order valence-corrected chi connectivity index (χ1v) is 14.4. The molecule has 0 radical (unpaired) electrons. The van der Waals surface area contributed by atoms with Gasteiger partial charge in [-0.25, -0.2) is 0 Å². The molecule has 0 aliphatic rings. The van der Waals surface area contributed by atoms with E-state index in [1.54, 1.807) is 79.1 Å². The normalized spacial score (nSPS) is 11.6. The number of rotatable bonds is 12. The van der Waals surface area contributed by atoms with Gasteiger partial charge in [0.05, 0.1) is 26.6 Å². The van der Waals surface area contributed by atoms with Crippen LogP contribution in [0.25, 0.3) is 6.08 Å². The Labute approximate surface area is 259 Å². The van der Waals surface area contributed by atoms with Crippen molar-refractivity contribution < 1.29 is 28.6 Å². The molecular formula is C33H32N4O6S. The highest BCUT2D eigenvalue weighted by Crippen LogP contribution is 2.38. The summed E-state index contributed by atoms with van der Waals surface area (Å²) in [5.74, 6) is 0.0368. The van der Waals surface area contributed by atoms with E-state index in [1.165, 1.54) is 39.2 Å². The van der Waals surface area contributed by atoms with Gasteiger partial charge in [0.25, 0.3) is 11.8 Å². The van der Waals surface area contributed by atoms with Crippen LogP contribution < -0.4 is 30.2 Å². The predicted octanol–water partition coefficient (Wildman–Crippen LogP) is 5.64. The van der Waals surface area contributed by atoms with E-state index in [-0.39, 0.29) is 16.9 Å². The molecule has 0 fully saturated rings. The number of benzene rings is 3. The Morgan fingerprint density at radius 2 is 1.41 bits per heavy atom. The summed E-state index contributed by atoms with van der Waals surface area (Å²) in [4.78, 5) is 43.9. The minimum Gasteiger partial charge on any atom is -0.493 e. The highest BCUT2D eigenvalue weighted by molar-refractivity contribution is 8.00. The third kappa shape index (κ3) is 8.39. The molecule has 0 aliphatic carbocycles. The van der Waals surface area contributed by atoms with Gasteiger partial charge >= 0.3 is 0 Å². The van der Waals surface area contributed by atoms with Crippen LogP contribution in [0.2, 0.25) is 0 Å². The summed E-state index contributed by atoms with van der Waals surface area (Å²) < 4.78 is 16.3. The summed E-state index contributed by atoms with van der Waals surface area (Å²) in [5, 5.41) is 8.04. The highest BCUT2D eigenvalue weighted by atomic mass is 32.2. The molecule has 4 rings (SSSR count). The van der Waals surface area contributed by atoms with Crippen molar-refractivity contribution in [2.75, 3.05) is 32.0 Å². The van der Waals surface area contributed by atoms with Crippen LogP contribution >= 0.6 is 11.8 Å². The van der Waals surface area contributed by atoms with Gasteiger partial charge in [-0.15, -0.1) is 11.8 Å². The number of carbonyl (C=O) groups is 3. The average Bonchev–Trinajstić information content (AvgIpc) is 3.05. The number of nitrogens with one attached hydrogen (secondary N) is 3. The second-order valence-electron chi connectivity index (χ2n) is 9.30. The third-order valence-electron chi connectivity index (χ3n) is 6.27. The Bertz CT molecular complexity index is 1600. The second-order valence-corrected chi connectivity index (χ2v) is 10.7. The van der Waals surface area contributed by atoms with Crippen molar-refractivity contribution in [2.24, 2.45) is 0 Å². The number of aromatic nitrogens is 1. The molecule has 4 aromatic rings. The zero-order chi connectivity index (χ0) is 31.5. The zero-order valence-corrected chi connectivity index (χ0v) is 25.4. The largest absolute Gasteiger partial charge is 0.493 e. The van der Waals surface area contributed by atoms with E-state index in [9.17, 15) is 14.4 Å². The summed E-state index contributed by atoms with van der Waals surface area (Å²) in [6.45, 7) is 1.81. The van der Waals surface area contributed by atoms with E-state index in [1.807, 2.05) is 19.1 Å². The highest BCUT2D eigenvalue weighted by Gasteiger charge is 2.19. The van der Waals surface area contributed by atoms with E-state index in [4.69, 9.17) is 14.2 Å². The maximum atomic E-state index is 13.5. The molecule has 226 valence electrons. The van der Waals surface area contributed by atoms with Crippen molar-refractivity contribution in [3.63, 3.8) is 0 Å². The number of pyridine rings is 1. The number of hydrogen-bond acceptors (Lipinski definition) is 8. The average molecular weight is 613 g/mol. The van der Waals surface area contributed by atoms with Crippen molar-refractivity contribution in [1.29, 1.82) is 0 Å². The Balaban J connectivity index is 1.52. The Morgan fingerprint density at radius 3 is 2.00 bits per heavy atom. The molecule has 3 aromatic carbocycles. The lowest BCUT2D eigenvalue weighted by atomic mass is 10.1. The van der Waals surface area contributed by atoms with Gasteiger partial charge in [-0.05, 0) is 79.2 Å². The minimum absolute atomic E-state index is 0.00650. The van der Waals surface area contributed by atoms with Gasteiger partial charge in [0.15, 0.2) is 11.5 Å². The van der Waals surface area contributed by atoms with Gasteiger partial charge in [-0.3, -0.25) is 19.4 Å². The molecule has 1 unspecified atom stereocenters. The number of nitrogens with zero attached hydrogens (tertiary/aromatic N) is 1. The van der Waals surface area contributed by atoms with Gasteiger partial charge < -0.3 is 30.2 Å². The molecule has 3 N–H and O–H groups in total. The van der Waals surface area contributed by atoms with Crippen LogP contribution in [0.4, 0.5) is 11.4 Å². The fourth-order valence-corrected chi connectivity index (χ4v) is 4.91. The SMILES string of the molecule is COc1cc(/C=C(\NC(=O)c2ccccc2)C(=O)Nc2ccc(SC(C)C(=O)Nc3ccncc3)cc2)cc(OC)c1OC. The van der Waals surface area contributed by atoms with Crippen LogP contribution in [0.15, 0.2) is 102 Å². The van der Waals surface area contributed by atoms with Crippen molar-refractivity contribution in [1.82, 2.24) is 10.3 Å². The summed E-state index contributed by atoms with van der Waals surface area (Å²) >= 11 is 1.38. The van der Waals surface area contributed by atoms with Crippen LogP contribution in [-0.4, -0.2) is 49.3 Å². The van der Waals surface area contributed by atoms with Crippen LogP contribution in [0.1, 0.15) is 22.8 Å². The van der Waals surface area contributed by atoms with Crippen molar-refractivity contribution in [3.05, 3.63) is 108 Å². The standard InChI is InChI=1S/C33H32N4O6S/c1-21(31(38)35-25-14-16-34-17-15-25)44-26-12-10-24(11-13-26)36-33(40)27(37-32(39)23-8-6-5-7-9-23)18-22-19-28(41-2)30(43-4)29(20-22)42-3/h5-21H,1-4H3,(H,36,40)(H,37,39)(H,34,35,38)/b27-18-. The summed E-state index contributed by atoms with van der Waals surface area (Å²) in [6.07, 6.45) is 4.74. The maximum Gasteiger partial charge on any atom is 0.272 e. The first-order chi connectivity index (χ1) is 21.3. The Kier molecular flexibility index (Phi) is 11.0. The van der Waals surface area contributed by atoms with Crippen molar-refractivity contribution in [3.8, 4) is 17.2 Å². The van der Waals surface area contributed by atoms with E-state index in [2.05, 4.69) is 20.9 Å². The first kappa shape index (κ1) is 31.6. The van der Waals surface area contributed by atoms with Crippen LogP contribution in [0.5, 0.6) is 17.2 Å². The molecule has 11 heteroatoms. The van der Waals surface area contributed by atoms with E-state index < -0.39 is 11.8 Å². The monoisotopic (exact) mass is 612 g/mol. The van der Waals surface area contributed by atoms with Gasteiger partial charge in [-0.1, -0.05) is 18.2 Å². The number of anilines is 2. The lowest BCUT2D eigenvalue weighted by Crippen LogP contribution is -2.30. The van der Waals surface area contributed by atoms with Gasteiger partial charge in [0.2, 0.25) is 11.7 Å². The summed E-state index contributed by atoms with van der Waals surface area (Å²) in [7, 11) is 4.48. The number of hydrogen-bond donors (Lipinski definition) is 3. The molecule has 10 nitrogen and oxygen atoms in total. The lowest BCUT2D eigenvalue weighted by molar-refractivity contribution is -0.115. The maximum absolute atomic E-state index is 13.5. The van der Waals surface area contributed by atoms with Crippen LogP contribution in [0.3, 0.4) is 0 Å². The van der Waals surface area contributed by atoms with Gasteiger partial charge in [0.1, 0.15) is 5.70 Å². The smallest absolute Gasteiger partial charge is 0.272 e. The number of methoxy groups -OCH3 is 3. The first-order valence-electron chi connectivity index (χ1n) is 13.5. The summed E-state index contributed by atoms with van der Waals surface area (Å²) in [5.41, 5.74) is 2.08. The van der Waals surface area contributed by atoms with Crippen molar-refractivity contribution in [2.45, 2.75) is 17.1 Å². The number of carbonyl (C=O) groups excluding carboxylic acids is 3. The van der Waals surface area contributed by atoms with E-state index in [0.717, 1.165) is 4.90 Å². The Hall–Kier alpha value is -5.29. The molecule has 3 amide bonds. The molecule has 0 bridgehead atoms. The molecule has 1 aromatic heterocycles. The van der Waals surface area contributed by atoms with Gasteiger partial charge in [0, 0.05) is 34.2 Å². The van der Waals surface area contributed by atoms with Crippen molar-refractivity contribution >= 4 is 46.9 Å². The van der Waals surface area contributed by atoms with Crippen LogP contribution in [-0.2, 0) is 9.59 Å². The molecule has 0 aliphatic heterocycles. The van der Waals surface area contributed by atoms with E-state index >= 15 is 0 Å². The van der Waals surface area contributed by atoms with E-state index in [0.29, 0.717) is 39.8 Å². The molecular weight excluding hydrogens is 580 g/mol. The third-order valence-corrected chi connectivity index (χ3v) is 7.38. The number of ether oxygens (including phenoxy) is 3. The summed E-state index contributed by atoms with van der Waals surface area (Å²) in [6, 6.07) is 22.4.